The third-order valence-electron chi connectivity index (χ3n) is 11.3. The fraction of sp³-hybridized carbons (Fsp3) is 0.0385. The molecule has 0 atom stereocenters. The van der Waals surface area contributed by atoms with Gasteiger partial charge in [-0.2, -0.15) is 10.5 Å². The highest BCUT2D eigenvalue weighted by atomic mass is 15.0. The van der Waals surface area contributed by atoms with Gasteiger partial charge in [0.25, 0.3) is 0 Å². The van der Waals surface area contributed by atoms with Gasteiger partial charge < -0.3 is 9.13 Å². The van der Waals surface area contributed by atoms with Crippen LogP contribution in [-0.4, -0.2) is 9.13 Å². The number of fused-ring (bicyclic) bond motifs is 8. The quantitative estimate of drug-likeness (QED) is 0.178. The van der Waals surface area contributed by atoms with Crippen molar-refractivity contribution in [2.24, 2.45) is 0 Å². The van der Waals surface area contributed by atoms with Crippen LogP contribution in [0.3, 0.4) is 0 Å². The third-order valence-corrected chi connectivity index (χ3v) is 11.3. The molecule has 10 rings (SSSR count). The fourth-order valence-corrected chi connectivity index (χ4v) is 8.59. The minimum absolute atomic E-state index is 0.592. The van der Waals surface area contributed by atoms with Crippen molar-refractivity contribution in [3.05, 3.63) is 186 Å². The molecule has 0 aliphatic carbocycles. The van der Waals surface area contributed by atoms with Gasteiger partial charge in [-0.25, -0.2) is 0 Å². The summed E-state index contributed by atoms with van der Waals surface area (Å²) in [5.74, 6) is 0. The molecule has 0 bridgehead atoms. The van der Waals surface area contributed by atoms with Crippen molar-refractivity contribution in [1.82, 2.24) is 9.13 Å². The summed E-state index contributed by atoms with van der Waals surface area (Å²) in [7, 11) is 0. The van der Waals surface area contributed by atoms with E-state index in [1.54, 1.807) is 0 Å². The van der Waals surface area contributed by atoms with Crippen LogP contribution in [0.4, 0.5) is 0 Å². The zero-order valence-electron chi connectivity index (χ0n) is 31.0. The van der Waals surface area contributed by atoms with E-state index in [9.17, 15) is 10.5 Å². The second-order valence-electron chi connectivity index (χ2n) is 14.4. The zero-order valence-corrected chi connectivity index (χ0v) is 31.0. The van der Waals surface area contributed by atoms with Gasteiger partial charge in [-0.3, -0.25) is 0 Å². The first-order valence-electron chi connectivity index (χ1n) is 18.8. The Morgan fingerprint density at radius 3 is 1.80 bits per heavy atom. The summed E-state index contributed by atoms with van der Waals surface area (Å²) in [6.07, 6.45) is 4.09. The molecule has 0 unspecified atom stereocenters. The molecule has 0 N–H and O–H groups in total. The summed E-state index contributed by atoms with van der Waals surface area (Å²) in [5.41, 5.74) is 14.4. The molecule has 0 aliphatic rings. The smallest absolute Gasteiger partial charge is 0.0994 e. The molecular weight excluding hydrogens is 681 g/mol. The molecule has 8 aromatic carbocycles. The number of hydrogen-bond acceptors (Lipinski definition) is 2. The third kappa shape index (κ3) is 5.05. The summed E-state index contributed by atoms with van der Waals surface area (Å²) in [6, 6.07) is 60.6. The maximum absolute atomic E-state index is 10.0. The van der Waals surface area contributed by atoms with Crippen LogP contribution >= 0.6 is 0 Å². The first-order chi connectivity index (χ1) is 27.6. The van der Waals surface area contributed by atoms with Crippen LogP contribution in [0.5, 0.6) is 0 Å². The lowest BCUT2D eigenvalue weighted by Gasteiger charge is -2.13. The Morgan fingerprint density at radius 1 is 0.482 bits per heavy atom. The highest BCUT2D eigenvalue weighted by Gasteiger charge is 2.20. The number of hydrogen-bond donors (Lipinski definition) is 0. The van der Waals surface area contributed by atoms with Gasteiger partial charge in [0, 0.05) is 43.9 Å². The lowest BCUT2D eigenvalue weighted by molar-refractivity contribution is 1.17. The van der Waals surface area contributed by atoms with Gasteiger partial charge in [0.15, 0.2) is 0 Å². The number of nitriles is 2. The number of aromatic nitrogens is 2. The second kappa shape index (κ2) is 13.0. The molecule has 4 heteroatoms. The molecule has 262 valence electrons. The molecule has 0 saturated heterocycles. The Balaban J connectivity index is 1.05. The van der Waals surface area contributed by atoms with Gasteiger partial charge in [-0.05, 0) is 108 Å². The Hall–Kier alpha value is -7.66. The first-order valence-corrected chi connectivity index (χ1v) is 18.8. The Labute approximate surface area is 324 Å². The Kier molecular flexibility index (Phi) is 7.66. The van der Waals surface area contributed by atoms with E-state index in [0.29, 0.717) is 11.1 Å². The van der Waals surface area contributed by atoms with Crippen LogP contribution < -0.4 is 0 Å². The summed E-state index contributed by atoms with van der Waals surface area (Å²) in [6.45, 7) is 4.00. The number of para-hydroxylation sites is 1. The number of rotatable bonds is 5. The minimum atomic E-state index is 0.592. The van der Waals surface area contributed by atoms with Gasteiger partial charge >= 0.3 is 0 Å². The van der Waals surface area contributed by atoms with E-state index in [1.165, 1.54) is 43.7 Å². The van der Waals surface area contributed by atoms with Gasteiger partial charge in [0.2, 0.25) is 0 Å². The van der Waals surface area contributed by atoms with Crippen LogP contribution in [0.1, 0.15) is 29.2 Å². The maximum atomic E-state index is 10.0. The van der Waals surface area contributed by atoms with E-state index in [1.807, 2.05) is 44.2 Å². The molecule has 56 heavy (non-hydrogen) atoms. The van der Waals surface area contributed by atoms with E-state index in [2.05, 4.69) is 161 Å². The van der Waals surface area contributed by atoms with Gasteiger partial charge in [0.05, 0.1) is 45.3 Å². The van der Waals surface area contributed by atoms with Crippen molar-refractivity contribution >= 4 is 60.5 Å². The van der Waals surface area contributed by atoms with Gasteiger partial charge in [0.1, 0.15) is 0 Å². The highest BCUT2D eigenvalue weighted by molar-refractivity contribution is 6.19. The Morgan fingerprint density at radius 2 is 1.09 bits per heavy atom. The average Bonchev–Trinajstić information content (AvgIpc) is 3.77. The van der Waals surface area contributed by atoms with Gasteiger partial charge in [-0.15, -0.1) is 0 Å². The lowest BCUT2D eigenvalue weighted by Crippen LogP contribution is -1.98. The maximum Gasteiger partial charge on any atom is 0.0994 e. The van der Waals surface area contributed by atoms with Crippen molar-refractivity contribution in [2.45, 2.75) is 13.8 Å². The summed E-state index contributed by atoms with van der Waals surface area (Å²) >= 11 is 0. The minimum Gasteiger partial charge on any atom is -0.309 e. The van der Waals surface area contributed by atoms with Crippen molar-refractivity contribution in [3.63, 3.8) is 0 Å². The predicted molar refractivity (Wildman–Crippen MR) is 232 cm³/mol. The number of benzene rings is 8. The molecule has 0 radical (unpaired) electrons. The van der Waals surface area contributed by atoms with Crippen molar-refractivity contribution in [3.8, 4) is 45.8 Å². The highest BCUT2D eigenvalue weighted by Crippen LogP contribution is 2.40. The topological polar surface area (TPSA) is 57.4 Å². The van der Waals surface area contributed by atoms with E-state index in [4.69, 9.17) is 0 Å². The SMILES string of the molecule is C/C=C\c1c(C)c(C#N)cc2c3cc(C#N)ccc3n(-c3ccc(-c4ccc(-c5ccc6c(c5)c5ccc7ccccc7c5n6-c5ccccc5)cc4)cc3)c12. The first kappa shape index (κ1) is 32.9. The Bertz CT molecular complexity index is 3310. The molecule has 0 fully saturated rings. The summed E-state index contributed by atoms with van der Waals surface area (Å²) in [4.78, 5) is 0. The fourth-order valence-electron chi connectivity index (χ4n) is 8.59. The molecule has 0 saturated carbocycles. The van der Waals surface area contributed by atoms with E-state index in [0.717, 1.165) is 55.4 Å². The predicted octanol–water partition coefficient (Wildman–Crippen LogP) is 13.5. The zero-order chi connectivity index (χ0) is 37.9. The molecule has 10 aromatic rings. The standard InChI is InChI=1S/C52H34N4/c1-3-9-43-33(2)40(32-54)30-48-46-28-34(31-53)14-26-49(46)56(51(43)48)42-23-19-36(20-24-42)35-15-17-37(18-16-35)39-22-27-50-47(29-39)45-25-21-38-10-7-8-13-44(38)52(45)55(50)41-11-5-4-6-12-41/h3-30H,1-2H3/b9-3-. The van der Waals surface area contributed by atoms with Crippen LogP contribution in [0.15, 0.2) is 164 Å². The largest absolute Gasteiger partial charge is 0.309 e. The van der Waals surface area contributed by atoms with E-state index in [-0.39, 0.29) is 0 Å². The molecule has 0 spiro atoms. The molecule has 0 amide bonds. The van der Waals surface area contributed by atoms with Crippen LogP contribution in [-0.2, 0) is 0 Å². The van der Waals surface area contributed by atoms with Crippen LogP contribution in [0.25, 0.3) is 94.1 Å². The average molecular weight is 715 g/mol. The van der Waals surface area contributed by atoms with Crippen LogP contribution in [0, 0.1) is 29.6 Å². The molecule has 0 aliphatic heterocycles. The van der Waals surface area contributed by atoms with Gasteiger partial charge in [-0.1, -0.05) is 109 Å². The van der Waals surface area contributed by atoms with Crippen molar-refractivity contribution < 1.29 is 0 Å². The summed E-state index contributed by atoms with van der Waals surface area (Å²) < 4.78 is 4.66. The summed E-state index contributed by atoms with van der Waals surface area (Å²) in [5, 5.41) is 26.6. The molecule has 4 nitrogen and oxygen atoms in total. The monoisotopic (exact) mass is 714 g/mol. The molecule has 2 aromatic heterocycles. The number of allylic oxidation sites excluding steroid dienone is 1. The second-order valence-corrected chi connectivity index (χ2v) is 14.4. The van der Waals surface area contributed by atoms with Crippen LogP contribution in [0.2, 0.25) is 0 Å². The normalized spacial score (nSPS) is 11.6. The van der Waals surface area contributed by atoms with E-state index < -0.39 is 0 Å². The number of nitrogens with zero attached hydrogens (tertiary/aromatic N) is 4. The van der Waals surface area contributed by atoms with Crippen molar-refractivity contribution in [1.29, 1.82) is 10.5 Å². The molecule has 2 heterocycles. The lowest BCUT2D eigenvalue weighted by atomic mass is 9.97. The molecular formula is C52H34N4. The van der Waals surface area contributed by atoms with Crippen molar-refractivity contribution in [2.75, 3.05) is 0 Å². The van der Waals surface area contributed by atoms with E-state index >= 15 is 0 Å².